The van der Waals surface area contributed by atoms with Gasteiger partial charge in [-0.2, -0.15) is 0 Å². The van der Waals surface area contributed by atoms with Gasteiger partial charge in [0.25, 0.3) is 0 Å². The van der Waals surface area contributed by atoms with Crippen LogP contribution in [-0.4, -0.2) is 13.4 Å². The maximum Gasteiger partial charge on any atom is 0.304 e. The molecule has 0 amide bonds. The normalized spacial score (nSPS) is 11.8. The second-order valence-electron chi connectivity index (χ2n) is 4.39. The standard InChI is InChI=1S/C12H14ClN3O3S2/c1-7-8(4-14)2-9(13)3-11(7)21(18,19)15-5-10-6-20-12(17)16-10/h2-3,6,15H,4-5,14H2,1H3,(H,16,17). The second-order valence-corrected chi connectivity index (χ2v) is 7.40. The molecule has 1 heterocycles. The Morgan fingerprint density at radius 1 is 1.43 bits per heavy atom. The van der Waals surface area contributed by atoms with E-state index in [1.165, 1.54) is 6.07 Å². The van der Waals surface area contributed by atoms with Crippen LogP contribution in [0.4, 0.5) is 0 Å². The van der Waals surface area contributed by atoms with Crippen LogP contribution in [0, 0.1) is 6.92 Å². The minimum absolute atomic E-state index is 0.00495. The van der Waals surface area contributed by atoms with Crippen LogP contribution in [0.5, 0.6) is 0 Å². The number of hydrogen-bond acceptors (Lipinski definition) is 5. The summed E-state index contributed by atoms with van der Waals surface area (Å²) < 4.78 is 27.1. The van der Waals surface area contributed by atoms with E-state index in [4.69, 9.17) is 17.3 Å². The van der Waals surface area contributed by atoms with E-state index >= 15 is 0 Å². The molecule has 6 nitrogen and oxygen atoms in total. The molecule has 0 aliphatic carbocycles. The lowest BCUT2D eigenvalue weighted by molar-refractivity contribution is 0.579. The fourth-order valence-electron chi connectivity index (χ4n) is 1.85. The summed E-state index contributed by atoms with van der Waals surface area (Å²) in [5.41, 5.74) is 7.33. The number of benzene rings is 1. The van der Waals surface area contributed by atoms with E-state index in [1.807, 2.05) is 0 Å². The van der Waals surface area contributed by atoms with Crippen LogP contribution < -0.4 is 15.3 Å². The van der Waals surface area contributed by atoms with Crippen LogP contribution in [-0.2, 0) is 23.1 Å². The number of halogens is 1. The first-order valence-corrected chi connectivity index (χ1v) is 8.73. The smallest absolute Gasteiger partial charge is 0.304 e. The molecule has 21 heavy (non-hydrogen) atoms. The molecule has 0 fully saturated rings. The van der Waals surface area contributed by atoms with Crippen LogP contribution in [0.1, 0.15) is 16.8 Å². The Balaban J connectivity index is 2.31. The van der Waals surface area contributed by atoms with E-state index < -0.39 is 10.0 Å². The first kappa shape index (κ1) is 16.2. The van der Waals surface area contributed by atoms with Crippen molar-refractivity contribution in [2.75, 3.05) is 0 Å². The number of aromatic nitrogens is 1. The van der Waals surface area contributed by atoms with Crippen molar-refractivity contribution in [3.8, 4) is 0 Å². The lowest BCUT2D eigenvalue weighted by Gasteiger charge is -2.12. The molecule has 1 aromatic carbocycles. The fraction of sp³-hybridized carbons (Fsp3) is 0.250. The molecule has 2 aromatic rings. The minimum Gasteiger partial charge on any atom is -0.326 e. The van der Waals surface area contributed by atoms with Gasteiger partial charge in [-0.15, -0.1) is 0 Å². The molecule has 0 spiro atoms. The van der Waals surface area contributed by atoms with Gasteiger partial charge < -0.3 is 10.7 Å². The predicted molar refractivity (Wildman–Crippen MR) is 83.0 cm³/mol. The summed E-state index contributed by atoms with van der Waals surface area (Å²) in [6.07, 6.45) is 0. The molecular weight excluding hydrogens is 334 g/mol. The van der Waals surface area contributed by atoms with Gasteiger partial charge in [-0.05, 0) is 30.2 Å². The monoisotopic (exact) mass is 347 g/mol. The van der Waals surface area contributed by atoms with E-state index in [-0.39, 0.29) is 22.9 Å². The van der Waals surface area contributed by atoms with Crippen molar-refractivity contribution in [3.05, 3.63) is 49.0 Å². The SMILES string of the molecule is Cc1c(CN)cc(Cl)cc1S(=O)(=O)NCc1csc(=O)[nH]1. The molecule has 2 rings (SSSR count). The molecule has 4 N–H and O–H groups in total. The number of H-pyrrole nitrogens is 1. The quantitative estimate of drug-likeness (QED) is 0.758. The number of aromatic amines is 1. The van der Waals surface area contributed by atoms with Crippen LogP contribution in [0.2, 0.25) is 5.02 Å². The average Bonchev–Trinajstić information content (AvgIpc) is 2.84. The summed E-state index contributed by atoms with van der Waals surface area (Å²) >= 11 is 6.91. The minimum atomic E-state index is -3.74. The van der Waals surface area contributed by atoms with Crippen LogP contribution in [0.3, 0.4) is 0 Å². The van der Waals surface area contributed by atoms with E-state index in [9.17, 15) is 13.2 Å². The highest BCUT2D eigenvalue weighted by Crippen LogP contribution is 2.24. The topological polar surface area (TPSA) is 105 Å². The first-order chi connectivity index (χ1) is 9.83. The molecule has 114 valence electrons. The Kier molecular flexibility index (Phi) is 4.84. The zero-order valence-electron chi connectivity index (χ0n) is 11.1. The lowest BCUT2D eigenvalue weighted by Crippen LogP contribution is -2.25. The third-order valence-corrected chi connectivity index (χ3v) is 5.43. The van der Waals surface area contributed by atoms with Gasteiger partial charge in [-0.3, -0.25) is 4.79 Å². The Bertz CT molecular complexity index is 811. The van der Waals surface area contributed by atoms with Crippen LogP contribution in [0.25, 0.3) is 0 Å². The highest BCUT2D eigenvalue weighted by Gasteiger charge is 2.19. The number of sulfonamides is 1. The van der Waals surface area contributed by atoms with Gasteiger partial charge in [-0.25, -0.2) is 13.1 Å². The number of nitrogens with two attached hydrogens (primary N) is 1. The zero-order chi connectivity index (χ0) is 15.6. The van der Waals surface area contributed by atoms with Crippen LogP contribution in [0.15, 0.2) is 27.2 Å². The van der Waals surface area contributed by atoms with Crippen molar-refractivity contribution in [1.82, 2.24) is 9.71 Å². The van der Waals surface area contributed by atoms with Crippen LogP contribution >= 0.6 is 22.9 Å². The van der Waals surface area contributed by atoms with Crippen molar-refractivity contribution < 1.29 is 8.42 Å². The molecule has 9 heteroatoms. The van der Waals surface area contributed by atoms with Gasteiger partial charge in [0.1, 0.15) is 0 Å². The van der Waals surface area contributed by atoms with E-state index in [0.29, 0.717) is 21.8 Å². The molecule has 0 atom stereocenters. The Morgan fingerprint density at radius 2 is 2.14 bits per heavy atom. The number of rotatable bonds is 5. The van der Waals surface area contributed by atoms with Crippen molar-refractivity contribution in [3.63, 3.8) is 0 Å². The lowest BCUT2D eigenvalue weighted by atomic mass is 10.1. The molecule has 0 saturated heterocycles. The zero-order valence-corrected chi connectivity index (χ0v) is 13.5. The molecule has 0 radical (unpaired) electrons. The average molecular weight is 348 g/mol. The Morgan fingerprint density at radius 3 is 2.71 bits per heavy atom. The van der Waals surface area contributed by atoms with Crippen molar-refractivity contribution in [1.29, 1.82) is 0 Å². The summed E-state index contributed by atoms with van der Waals surface area (Å²) in [4.78, 5) is 13.4. The highest BCUT2D eigenvalue weighted by atomic mass is 35.5. The third kappa shape index (κ3) is 3.72. The van der Waals surface area contributed by atoms with Gasteiger partial charge in [0.05, 0.1) is 11.4 Å². The summed E-state index contributed by atoms with van der Waals surface area (Å²) in [7, 11) is -3.74. The second kappa shape index (κ2) is 6.29. The molecule has 0 aliphatic rings. The summed E-state index contributed by atoms with van der Waals surface area (Å²) in [5.74, 6) is 0. The summed E-state index contributed by atoms with van der Waals surface area (Å²) in [6, 6.07) is 3.03. The van der Waals surface area contributed by atoms with Gasteiger partial charge in [0.15, 0.2) is 0 Å². The van der Waals surface area contributed by atoms with Crippen molar-refractivity contribution in [2.24, 2.45) is 5.73 Å². The highest BCUT2D eigenvalue weighted by molar-refractivity contribution is 7.89. The Labute approximate surface area is 131 Å². The maximum atomic E-state index is 12.4. The molecule has 0 aliphatic heterocycles. The number of hydrogen-bond donors (Lipinski definition) is 3. The molecular formula is C12H14ClN3O3S2. The molecule has 0 saturated carbocycles. The fourth-order valence-corrected chi connectivity index (χ4v) is 4.05. The van der Waals surface area contributed by atoms with Gasteiger partial charge in [-0.1, -0.05) is 22.9 Å². The third-order valence-electron chi connectivity index (χ3n) is 2.97. The van der Waals surface area contributed by atoms with Gasteiger partial charge in [0.2, 0.25) is 10.0 Å². The molecule has 0 unspecified atom stereocenters. The number of nitrogens with one attached hydrogen (secondary N) is 2. The van der Waals surface area contributed by atoms with Gasteiger partial charge in [0, 0.05) is 22.6 Å². The van der Waals surface area contributed by atoms with Crippen molar-refractivity contribution in [2.45, 2.75) is 24.9 Å². The van der Waals surface area contributed by atoms with E-state index in [2.05, 4.69) is 9.71 Å². The largest absolute Gasteiger partial charge is 0.326 e. The predicted octanol–water partition coefficient (Wildman–Crippen LogP) is 1.34. The Hall–Kier alpha value is -1.19. The van der Waals surface area contributed by atoms with E-state index in [1.54, 1.807) is 18.4 Å². The van der Waals surface area contributed by atoms with Gasteiger partial charge >= 0.3 is 4.87 Å². The number of thiazole rings is 1. The van der Waals surface area contributed by atoms with E-state index in [0.717, 1.165) is 11.3 Å². The molecule has 0 bridgehead atoms. The summed E-state index contributed by atoms with van der Waals surface area (Å²) in [5, 5.41) is 1.88. The maximum absolute atomic E-state index is 12.4. The van der Waals surface area contributed by atoms with Crippen molar-refractivity contribution >= 4 is 33.0 Å². The first-order valence-electron chi connectivity index (χ1n) is 5.99. The summed E-state index contributed by atoms with van der Waals surface area (Å²) in [6.45, 7) is 1.89. The molecule has 1 aromatic heterocycles.